The summed E-state index contributed by atoms with van der Waals surface area (Å²) in [6.45, 7) is 0. The molecule has 0 aliphatic carbocycles. The Kier molecular flexibility index (Phi) is 2.16. The van der Waals surface area contributed by atoms with Crippen LogP contribution < -0.4 is 0 Å². The smallest absolute Gasteiger partial charge is 0.169 e. The number of pyridine rings is 1. The van der Waals surface area contributed by atoms with Crippen LogP contribution >= 0.6 is 0 Å². The Morgan fingerprint density at radius 1 is 1.00 bits per heavy atom. The summed E-state index contributed by atoms with van der Waals surface area (Å²) in [5.41, 5.74) is 0.800. The number of carbonyl (C=O) groups excluding carboxylic acids is 1. The Morgan fingerprint density at radius 3 is 2.44 bits per heavy atom. The SMILES string of the molecule is O=Cc1nc2ccc(O)c(O)c2c2ccccc12. The third kappa shape index (κ3) is 1.32. The fourth-order valence-corrected chi connectivity index (χ4v) is 2.13. The molecule has 0 bridgehead atoms. The Bertz CT molecular complexity index is 781. The van der Waals surface area contributed by atoms with Crippen LogP contribution in [0, 0.1) is 0 Å². The van der Waals surface area contributed by atoms with Gasteiger partial charge in [-0.05, 0) is 17.5 Å². The number of rotatable bonds is 1. The Hall–Kier alpha value is -2.62. The van der Waals surface area contributed by atoms with E-state index in [9.17, 15) is 15.0 Å². The number of nitrogens with zero attached hydrogens (tertiary/aromatic N) is 1. The van der Waals surface area contributed by atoms with Gasteiger partial charge in [0.1, 0.15) is 5.69 Å². The molecule has 0 aliphatic heterocycles. The molecule has 1 aromatic heterocycles. The molecule has 0 fully saturated rings. The van der Waals surface area contributed by atoms with Crippen LogP contribution in [-0.2, 0) is 0 Å². The molecule has 3 rings (SSSR count). The molecule has 4 heteroatoms. The van der Waals surface area contributed by atoms with E-state index in [4.69, 9.17) is 0 Å². The Balaban J connectivity index is 2.65. The average molecular weight is 239 g/mol. The van der Waals surface area contributed by atoms with Crippen molar-refractivity contribution in [3.63, 3.8) is 0 Å². The summed E-state index contributed by atoms with van der Waals surface area (Å²) in [5.74, 6) is -0.415. The summed E-state index contributed by atoms with van der Waals surface area (Å²) in [6, 6.07) is 10.1. The first-order valence-electron chi connectivity index (χ1n) is 5.41. The van der Waals surface area contributed by atoms with E-state index in [0.717, 1.165) is 0 Å². The maximum absolute atomic E-state index is 11.0. The molecule has 3 aromatic rings. The molecule has 4 nitrogen and oxygen atoms in total. The van der Waals surface area contributed by atoms with Gasteiger partial charge in [0, 0.05) is 5.39 Å². The summed E-state index contributed by atoms with van der Waals surface area (Å²) in [4.78, 5) is 15.2. The molecule has 2 aromatic carbocycles. The highest BCUT2D eigenvalue weighted by atomic mass is 16.3. The molecule has 1 heterocycles. The highest BCUT2D eigenvalue weighted by Crippen LogP contribution is 2.37. The first-order chi connectivity index (χ1) is 8.72. The lowest BCUT2D eigenvalue weighted by Crippen LogP contribution is -1.92. The summed E-state index contributed by atoms with van der Waals surface area (Å²) < 4.78 is 0. The van der Waals surface area contributed by atoms with Crippen LogP contribution in [-0.4, -0.2) is 21.5 Å². The molecular weight excluding hydrogens is 230 g/mol. The van der Waals surface area contributed by atoms with Crippen LogP contribution in [0.2, 0.25) is 0 Å². The molecule has 0 amide bonds. The van der Waals surface area contributed by atoms with Crippen molar-refractivity contribution >= 4 is 28.0 Å². The average Bonchev–Trinajstić information content (AvgIpc) is 2.41. The normalized spacial score (nSPS) is 10.9. The van der Waals surface area contributed by atoms with E-state index >= 15 is 0 Å². The minimum absolute atomic E-state index is 0.201. The predicted molar refractivity (Wildman–Crippen MR) is 68.0 cm³/mol. The number of benzene rings is 2. The van der Waals surface area contributed by atoms with E-state index in [-0.39, 0.29) is 11.5 Å². The summed E-state index contributed by atoms with van der Waals surface area (Å²) in [6.07, 6.45) is 0.686. The Labute approximate surface area is 102 Å². The Morgan fingerprint density at radius 2 is 1.72 bits per heavy atom. The molecule has 0 saturated heterocycles. The minimum Gasteiger partial charge on any atom is -0.504 e. The van der Waals surface area contributed by atoms with Gasteiger partial charge < -0.3 is 10.2 Å². The van der Waals surface area contributed by atoms with E-state index in [2.05, 4.69) is 4.98 Å². The molecule has 88 valence electrons. The van der Waals surface area contributed by atoms with Crippen molar-refractivity contribution in [2.75, 3.05) is 0 Å². The van der Waals surface area contributed by atoms with Crippen molar-refractivity contribution < 1.29 is 15.0 Å². The molecular formula is C14H9NO3. The molecule has 0 saturated carbocycles. The van der Waals surface area contributed by atoms with Crippen LogP contribution in [0.1, 0.15) is 10.5 Å². The number of phenolic OH excluding ortho intramolecular Hbond substituents is 2. The largest absolute Gasteiger partial charge is 0.504 e. The van der Waals surface area contributed by atoms with Gasteiger partial charge in [0.25, 0.3) is 0 Å². The van der Waals surface area contributed by atoms with Gasteiger partial charge in [0.15, 0.2) is 17.8 Å². The van der Waals surface area contributed by atoms with Crippen LogP contribution in [0.3, 0.4) is 0 Å². The number of hydrogen-bond acceptors (Lipinski definition) is 4. The molecule has 0 atom stereocenters. The van der Waals surface area contributed by atoms with E-state index in [1.165, 1.54) is 6.07 Å². The minimum atomic E-state index is -0.214. The van der Waals surface area contributed by atoms with Crippen molar-refractivity contribution in [3.8, 4) is 11.5 Å². The zero-order valence-corrected chi connectivity index (χ0v) is 9.29. The number of hydrogen-bond donors (Lipinski definition) is 2. The number of fused-ring (bicyclic) bond motifs is 3. The van der Waals surface area contributed by atoms with Crippen molar-refractivity contribution in [1.29, 1.82) is 0 Å². The van der Waals surface area contributed by atoms with Gasteiger partial charge in [-0.1, -0.05) is 24.3 Å². The second-order valence-electron chi connectivity index (χ2n) is 3.99. The van der Waals surface area contributed by atoms with Gasteiger partial charge in [0.05, 0.1) is 10.9 Å². The summed E-state index contributed by atoms with van der Waals surface area (Å²) in [7, 11) is 0. The standard InChI is InChI=1S/C14H9NO3/c16-7-11-8-3-1-2-4-9(8)13-10(15-11)5-6-12(17)14(13)18/h1-7,17-18H. The summed E-state index contributed by atoms with van der Waals surface area (Å²) >= 11 is 0. The van der Waals surface area contributed by atoms with Crippen LogP contribution in [0.4, 0.5) is 0 Å². The first-order valence-corrected chi connectivity index (χ1v) is 5.41. The van der Waals surface area contributed by atoms with Gasteiger partial charge >= 0.3 is 0 Å². The highest BCUT2D eigenvalue weighted by molar-refractivity contribution is 6.13. The van der Waals surface area contributed by atoms with Crippen LogP contribution in [0.15, 0.2) is 36.4 Å². The van der Waals surface area contributed by atoms with E-state index in [1.807, 2.05) is 0 Å². The highest BCUT2D eigenvalue weighted by Gasteiger charge is 2.12. The number of aromatic hydroxyl groups is 2. The zero-order chi connectivity index (χ0) is 12.7. The number of carbonyl (C=O) groups is 1. The topological polar surface area (TPSA) is 70.4 Å². The molecule has 18 heavy (non-hydrogen) atoms. The third-order valence-corrected chi connectivity index (χ3v) is 2.96. The molecule has 0 aliphatic rings. The lowest BCUT2D eigenvalue weighted by Gasteiger charge is -2.08. The van der Waals surface area contributed by atoms with E-state index in [0.29, 0.717) is 33.7 Å². The maximum Gasteiger partial charge on any atom is 0.169 e. The quantitative estimate of drug-likeness (QED) is 0.389. The van der Waals surface area contributed by atoms with E-state index in [1.54, 1.807) is 30.3 Å². The number of phenols is 2. The van der Waals surface area contributed by atoms with Gasteiger partial charge in [-0.3, -0.25) is 4.79 Å². The lowest BCUT2D eigenvalue weighted by molar-refractivity contribution is 0.112. The second kappa shape index (κ2) is 3.70. The second-order valence-corrected chi connectivity index (χ2v) is 3.99. The lowest BCUT2D eigenvalue weighted by atomic mass is 10.0. The van der Waals surface area contributed by atoms with Crippen molar-refractivity contribution in [3.05, 3.63) is 42.1 Å². The molecule has 2 N–H and O–H groups in total. The maximum atomic E-state index is 11.0. The molecule has 0 unspecified atom stereocenters. The van der Waals surface area contributed by atoms with Crippen molar-refractivity contribution in [1.82, 2.24) is 4.98 Å². The molecule has 0 spiro atoms. The molecule has 0 radical (unpaired) electrons. The first kappa shape index (κ1) is 10.5. The van der Waals surface area contributed by atoms with Crippen LogP contribution in [0.5, 0.6) is 11.5 Å². The van der Waals surface area contributed by atoms with Gasteiger partial charge in [-0.2, -0.15) is 0 Å². The van der Waals surface area contributed by atoms with Crippen molar-refractivity contribution in [2.45, 2.75) is 0 Å². The summed E-state index contributed by atoms with van der Waals surface area (Å²) in [5, 5.41) is 21.3. The van der Waals surface area contributed by atoms with Gasteiger partial charge in [-0.15, -0.1) is 0 Å². The predicted octanol–water partition coefficient (Wildman–Crippen LogP) is 2.61. The van der Waals surface area contributed by atoms with Crippen molar-refractivity contribution in [2.24, 2.45) is 0 Å². The number of aromatic nitrogens is 1. The number of aldehydes is 1. The van der Waals surface area contributed by atoms with Crippen LogP contribution in [0.25, 0.3) is 21.7 Å². The zero-order valence-electron chi connectivity index (χ0n) is 9.29. The van der Waals surface area contributed by atoms with Gasteiger partial charge in [-0.25, -0.2) is 4.98 Å². The van der Waals surface area contributed by atoms with Gasteiger partial charge in [0.2, 0.25) is 0 Å². The monoisotopic (exact) mass is 239 g/mol. The third-order valence-electron chi connectivity index (χ3n) is 2.96. The van der Waals surface area contributed by atoms with E-state index < -0.39 is 0 Å². The fraction of sp³-hybridized carbons (Fsp3) is 0. The fourth-order valence-electron chi connectivity index (χ4n) is 2.13.